The number of phenolic OH excluding ortho intramolecular Hbond substituents is 1. The zero-order valence-electron chi connectivity index (χ0n) is 13.3. The molecule has 0 aliphatic rings. The van der Waals surface area contributed by atoms with Gasteiger partial charge in [0.05, 0.1) is 12.1 Å². The molecular formula is C17H16N4O3. The van der Waals surface area contributed by atoms with Gasteiger partial charge < -0.3 is 14.9 Å². The van der Waals surface area contributed by atoms with Crippen molar-refractivity contribution in [2.24, 2.45) is 0 Å². The van der Waals surface area contributed by atoms with Gasteiger partial charge in [-0.25, -0.2) is 0 Å². The SMILES string of the molecule is Cc1ccc(C(=O)NCc2nc(-c3ccncc3)no2)c(O)c1C. The number of hydrogen-bond donors (Lipinski definition) is 2. The summed E-state index contributed by atoms with van der Waals surface area (Å²) in [5.74, 6) is 0.281. The van der Waals surface area contributed by atoms with Crippen LogP contribution in [-0.4, -0.2) is 26.1 Å². The van der Waals surface area contributed by atoms with E-state index in [1.807, 2.05) is 6.92 Å². The van der Waals surface area contributed by atoms with Crippen molar-refractivity contribution >= 4 is 5.91 Å². The Bertz CT molecular complexity index is 875. The molecule has 2 heterocycles. The van der Waals surface area contributed by atoms with Crippen LogP contribution in [0.1, 0.15) is 27.4 Å². The molecule has 2 aromatic heterocycles. The highest BCUT2D eigenvalue weighted by Crippen LogP contribution is 2.24. The van der Waals surface area contributed by atoms with E-state index in [9.17, 15) is 9.90 Å². The zero-order chi connectivity index (χ0) is 17.1. The quantitative estimate of drug-likeness (QED) is 0.764. The van der Waals surface area contributed by atoms with E-state index in [4.69, 9.17) is 4.52 Å². The van der Waals surface area contributed by atoms with Crippen molar-refractivity contribution in [2.45, 2.75) is 20.4 Å². The van der Waals surface area contributed by atoms with Crippen LogP contribution in [0.15, 0.2) is 41.2 Å². The number of nitrogens with zero attached hydrogens (tertiary/aromatic N) is 3. The number of phenols is 1. The fraction of sp³-hybridized carbons (Fsp3) is 0.176. The molecule has 1 amide bonds. The molecular weight excluding hydrogens is 308 g/mol. The molecule has 1 aromatic carbocycles. The average Bonchev–Trinajstić information content (AvgIpc) is 3.07. The molecule has 2 N–H and O–H groups in total. The smallest absolute Gasteiger partial charge is 0.255 e. The lowest BCUT2D eigenvalue weighted by Crippen LogP contribution is -2.23. The zero-order valence-corrected chi connectivity index (χ0v) is 13.3. The van der Waals surface area contributed by atoms with E-state index >= 15 is 0 Å². The first-order valence-electron chi connectivity index (χ1n) is 7.36. The first-order chi connectivity index (χ1) is 11.6. The first kappa shape index (κ1) is 15.7. The maximum absolute atomic E-state index is 12.2. The molecule has 3 rings (SSSR count). The largest absolute Gasteiger partial charge is 0.507 e. The summed E-state index contributed by atoms with van der Waals surface area (Å²) >= 11 is 0. The summed E-state index contributed by atoms with van der Waals surface area (Å²) in [5.41, 5.74) is 2.59. The van der Waals surface area contributed by atoms with Crippen molar-refractivity contribution in [1.29, 1.82) is 0 Å². The summed E-state index contributed by atoms with van der Waals surface area (Å²) in [6.07, 6.45) is 3.27. The van der Waals surface area contributed by atoms with E-state index in [-0.39, 0.29) is 23.7 Å². The fourth-order valence-electron chi connectivity index (χ4n) is 2.18. The number of benzene rings is 1. The lowest BCUT2D eigenvalue weighted by molar-refractivity contribution is 0.0943. The van der Waals surface area contributed by atoms with Gasteiger partial charge >= 0.3 is 0 Å². The number of amides is 1. The molecule has 0 fully saturated rings. The van der Waals surface area contributed by atoms with Crippen LogP contribution in [-0.2, 0) is 6.54 Å². The van der Waals surface area contributed by atoms with E-state index in [1.54, 1.807) is 43.6 Å². The number of aromatic hydroxyl groups is 1. The number of rotatable bonds is 4. The van der Waals surface area contributed by atoms with Crippen LogP contribution in [0.5, 0.6) is 5.75 Å². The number of aromatic nitrogens is 3. The topological polar surface area (TPSA) is 101 Å². The molecule has 0 unspecified atom stereocenters. The summed E-state index contributed by atoms with van der Waals surface area (Å²) < 4.78 is 5.12. The van der Waals surface area contributed by atoms with Crippen molar-refractivity contribution in [2.75, 3.05) is 0 Å². The Labute approximate surface area is 138 Å². The number of carbonyl (C=O) groups is 1. The Morgan fingerprint density at radius 3 is 2.71 bits per heavy atom. The van der Waals surface area contributed by atoms with E-state index in [2.05, 4.69) is 20.4 Å². The molecule has 0 saturated heterocycles. The molecule has 0 atom stereocenters. The monoisotopic (exact) mass is 324 g/mol. The van der Waals surface area contributed by atoms with E-state index < -0.39 is 5.91 Å². The van der Waals surface area contributed by atoms with E-state index in [0.717, 1.165) is 11.1 Å². The molecule has 0 bridgehead atoms. The normalized spacial score (nSPS) is 10.6. The van der Waals surface area contributed by atoms with Gasteiger partial charge in [0.15, 0.2) is 0 Å². The second kappa shape index (κ2) is 6.49. The highest BCUT2D eigenvalue weighted by atomic mass is 16.5. The predicted octanol–water partition coefficient (Wildman–Crippen LogP) is 2.38. The van der Waals surface area contributed by atoms with Gasteiger partial charge in [0.2, 0.25) is 11.7 Å². The summed E-state index contributed by atoms with van der Waals surface area (Å²) in [4.78, 5) is 20.4. The van der Waals surface area contributed by atoms with Crippen LogP contribution >= 0.6 is 0 Å². The second-order valence-corrected chi connectivity index (χ2v) is 5.33. The Balaban J connectivity index is 1.69. The predicted molar refractivity (Wildman–Crippen MR) is 86.3 cm³/mol. The van der Waals surface area contributed by atoms with E-state index in [1.165, 1.54) is 0 Å². The number of aryl methyl sites for hydroxylation is 1. The van der Waals surface area contributed by atoms with E-state index in [0.29, 0.717) is 11.4 Å². The fourth-order valence-corrected chi connectivity index (χ4v) is 2.18. The van der Waals surface area contributed by atoms with Crippen molar-refractivity contribution < 1.29 is 14.4 Å². The van der Waals surface area contributed by atoms with Crippen LogP contribution in [0.25, 0.3) is 11.4 Å². The molecule has 0 radical (unpaired) electrons. The number of nitrogens with one attached hydrogen (secondary N) is 1. The minimum atomic E-state index is -0.403. The third-order valence-electron chi connectivity index (χ3n) is 3.75. The summed E-state index contributed by atoms with van der Waals surface area (Å²) in [7, 11) is 0. The first-order valence-corrected chi connectivity index (χ1v) is 7.36. The molecule has 7 nitrogen and oxygen atoms in total. The Morgan fingerprint density at radius 1 is 1.21 bits per heavy atom. The Hall–Kier alpha value is -3.22. The maximum Gasteiger partial charge on any atom is 0.255 e. The lowest BCUT2D eigenvalue weighted by atomic mass is 10.0. The minimum Gasteiger partial charge on any atom is -0.507 e. The number of pyridine rings is 1. The highest BCUT2D eigenvalue weighted by Gasteiger charge is 2.15. The maximum atomic E-state index is 12.2. The average molecular weight is 324 g/mol. The van der Waals surface area contributed by atoms with Gasteiger partial charge in [0.25, 0.3) is 5.91 Å². The molecule has 0 aliphatic heterocycles. The lowest BCUT2D eigenvalue weighted by Gasteiger charge is -2.09. The molecule has 7 heteroatoms. The van der Waals surface area contributed by atoms with Crippen LogP contribution in [0.2, 0.25) is 0 Å². The van der Waals surface area contributed by atoms with Gasteiger partial charge in [0.1, 0.15) is 5.75 Å². The van der Waals surface area contributed by atoms with Gasteiger partial charge in [-0.3, -0.25) is 9.78 Å². The van der Waals surface area contributed by atoms with Gasteiger partial charge in [-0.15, -0.1) is 0 Å². The van der Waals surface area contributed by atoms with Crippen molar-refractivity contribution in [3.63, 3.8) is 0 Å². The molecule has 122 valence electrons. The summed E-state index contributed by atoms with van der Waals surface area (Å²) in [5, 5.41) is 16.6. The minimum absolute atomic E-state index is 0.0181. The Morgan fingerprint density at radius 2 is 1.96 bits per heavy atom. The summed E-state index contributed by atoms with van der Waals surface area (Å²) in [6, 6.07) is 6.90. The molecule has 0 spiro atoms. The van der Waals surface area contributed by atoms with Gasteiger partial charge in [-0.2, -0.15) is 4.98 Å². The van der Waals surface area contributed by atoms with Crippen molar-refractivity contribution in [3.8, 4) is 17.1 Å². The standard InChI is InChI=1S/C17H16N4O3/c1-10-3-4-13(15(22)11(10)2)17(23)19-9-14-20-16(21-24-14)12-5-7-18-8-6-12/h3-8,22H,9H2,1-2H3,(H,19,23). The van der Waals surface area contributed by atoms with Crippen LogP contribution in [0.4, 0.5) is 0 Å². The summed E-state index contributed by atoms with van der Waals surface area (Å²) in [6.45, 7) is 3.71. The van der Waals surface area contributed by atoms with Crippen molar-refractivity contribution in [3.05, 3.63) is 59.2 Å². The molecule has 3 aromatic rings. The number of hydrogen-bond acceptors (Lipinski definition) is 6. The van der Waals surface area contributed by atoms with Crippen molar-refractivity contribution in [1.82, 2.24) is 20.4 Å². The molecule has 0 aliphatic carbocycles. The number of carbonyl (C=O) groups excluding carboxylic acids is 1. The third-order valence-corrected chi connectivity index (χ3v) is 3.75. The molecule has 0 saturated carbocycles. The van der Waals surface area contributed by atoms with Crippen LogP contribution < -0.4 is 5.32 Å². The molecule has 24 heavy (non-hydrogen) atoms. The Kier molecular flexibility index (Phi) is 4.24. The van der Waals surface area contributed by atoms with Gasteiger partial charge in [-0.1, -0.05) is 11.2 Å². The van der Waals surface area contributed by atoms with Gasteiger partial charge in [-0.05, 0) is 43.2 Å². The second-order valence-electron chi connectivity index (χ2n) is 5.33. The third kappa shape index (κ3) is 3.10. The van der Waals surface area contributed by atoms with Gasteiger partial charge in [0, 0.05) is 18.0 Å². The van der Waals surface area contributed by atoms with Crippen LogP contribution in [0, 0.1) is 13.8 Å². The van der Waals surface area contributed by atoms with Crippen LogP contribution in [0.3, 0.4) is 0 Å². The highest BCUT2D eigenvalue weighted by molar-refractivity contribution is 5.97.